The number of piperidine rings is 1. The second-order valence-corrected chi connectivity index (χ2v) is 7.73. The molecule has 3 heterocycles. The lowest BCUT2D eigenvalue weighted by molar-refractivity contribution is -0.136. The van der Waals surface area contributed by atoms with Crippen LogP contribution < -0.4 is 20.9 Å². The molecule has 8 nitrogen and oxygen atoms in total. The number of benzene rings is 1. The molecule has 0 bridgehead atoms. The van der Waals surface area contributed by atoms with Crippen LogP contribution in [0.3, 0.4) is 0 Å². The number of pyridine rings is 1. The van der Waals surface area contributed by atoms with Crippen molar-refractivity contribution < 1.29 is 14.3 Å². The van der Waals surface area contributed by atoms with Gasteiger partial charge < -0.3 is 15.0 Å². The molecule has 2 aliphatic heterocycles. The van der Waals surface area contributed by atoms with Crippen LogP contribution in [0.1, 0.15) is 30.9 Å². The molecule has 0 aliphatic carbocycles. The smallest absolute Gasteiger partial charge is 0.241 e. The van der Waals surface area contributed by atoms with Crippen LogP contribution in [0.5, 0.6) is 5.75 Å². The summed E-state index contributed by atoms with van der Waals surface area (Å²) in [5.41, 5.74) is 8.20. The van der Waals surface area contributed by atoms with E-state index >= 15 is 0 Å². The number of likely N-dealkylation sites (tertiary alicyclic amines) is 1. The molecule has 2 aliphatic rings. The Balaban J connectivity index is 1.25. The molecule has 2 unspecified atom stereocenters. The van der Waals surface area contributed by atoms with Crippen LogP contribution in [0.4, 0.5) is 5.69 Å². The molecule has 1 aromatic carbocycles. The third-order valence-corrected chi connectivity index (χ3v) is 5.84. The number of aromatic nitrogens is 1. The summed E-state index contributed by atoms with van der Waals surface area (Å²) in [7, 11) is 1.61. The lowest BCUT2D eigenvalue weighted by atomic mass is 9.94. The van der Waals surface area contributed by atoms with E-state index in [1.807, 2.05) is 41.3 Å². The standard InChI is InChI=1S/C22H27N5O3/c1-30-18-4-2-17(3-5-18)24-21(28)16-8-12-27(13-9-16)22(29)20-14-19(25-26-20)15-6-10-23-11-7-15/h2-7,10-11,16,19-20,25-26H,8-9,12-14H2,1H3,(H,24,28). The maximum atomic E-state index is 12.9. The van der Waals surface area contributed by atoms with Gasteiger partial charge in [0, 0.05) is 43.1 Å². The number of carbonyl (C=O) groups is 2. The van der Waals surface area contributed by atoms with Crippen LogP contribution in [0, 0.1) is 5.92 Å². The van der Waals surface area contributed by atoms with Gasteiger partial charge in [-0.3, -0.25) is 14.6 Å². The Morgan fingerprint density at radius 3 is 2.43 bits per heavy atom. The summed E-state index contributed by atoms with van der Waals surface area (Å²) < 4.78 is 5.14. The number of methoxy groups -OCH3 is 1. The maximum Gasteiger partial charge on any atom is 0.241 e. The van der Waals surface area contributed by atoms with Gasteiger partial charge in [-0.15, -0.1) is 0 Å². The first-order valence-corrected chi connectivity index (χ1v) is 10.3. The van der Waals surface area contributed by atoms with Gasteiger partial charge in [0.2, 0.25) is 11.8 Å². The molecule has 2 amide bonds. The van der Waals surface area contributed by atoms with Gasteiger partial charge in [0.25, 0.3) is 0 Å². The minimum Gasteiger partial charge on any atom is -0.497 e. The molecule has 2 atom stereocenters. The molecule has 8 heteroatoms. The summed E-state index contributed by atoms with van der Waals surface area (Å²) in [6.45, 7) is 1.19. The van der Waals surface area contributed by atoms with Crippen LogP contribution >= 0.6 is 0 Å². The number of nitrogens with zero attached hydrogens (tertiary/aromatic N) is 2. The molecule has 0 radical (unpaired) electrons. The summed E-state index contributed by atoms with van der Waals surface area (Å²) in [4.78, 5) is 31.4. The third-order valence-electron chi connectivity index (χ3n) is 5.84. The predicted molar refractivity (Wildman–Crippen MR) is 113 cm³/mol. The van der Waals surface area contributed by atoms with E-state index in [9.17, 15) is 9.59 Å². The zero-order valence-corrected chi connectivity index (χ0v) is 17.0. The highest BCUT2D eigenvalue weighted by Crippen LogP contribution is 2.25. The van der Waals surface area contributed by atoms with Crippen LogP contribution in [0.15, 0.2) is 48.8 Å². The van der Waals surface area contributed by atoms with E-state index in [0.29, 0.717) is 32.4 Å². The van der Waals surface area contributed by atoms with Gasteiger partial charge in [0.05, 0.1) is 7.11 Å². The SMILES string of the molecule is COc1ccc(NC(=O)C2CCN(C(=O)C3CC(c4ccncc4)NN3)CC2)cc1. The van der Waals surface area contributed by atoms with E-state index in [1.165, 1.54) is 0 Å². The maximum absolute atomic E-state index is 12.9. The van der Waals surface area contributed by atoms with E-state index in [-0.39, 0.29) is 29.8 Å². The number of anilines is 1. The van der Waals surface area contributed by atoms with Crippen molar-refractivity contribution in [3.8, 4) is 5.75 Å². The molecule has 2 fully saturated rings. The molecule has 2 aromatic rings. The minimum absolute atomic E-state index is 0.00525. The summed E-state index contributed by atoms with van der Waals surface area (Å²) in [5, 5.41) is 2.96. The minimum atomic E-state index is -0.257. The summed E-state index contributed by atoms with van der Waals surface area (Å²) in [6.07, 6.45) is 5.55. The van der Waals surface area contributed by atoms with Crippen molar-refractivity contribution >= 4 is 17.5 Å². The van der Waals surface area contributed by atoms with Gasteiger partial charge in [0.1, 0.15) is 11.8 Å². The Morgan fingerprint density at radius 2 is 1.77 bits per heavy atom. The van der Waals surface area contributed by atoms with Crippen LogP contribution in [-0.4, -0.2) is 47.9 Å². The Kier molecular flexibility index (Phi) is 6.25. The second-order valence-electron chi connectivity index (χ2n) is 7.73. The van der Waals surface area contributed by atoms with Crippen molar-refractivity contribution in [1.29, 1.82) is 0 Å². The largest absolute Gasteiger partial charge is 0.497 e. The van der Waals surface area contributed by atoms with E-state index in [1.54, 1.807) is 19.5 Å². The van der Waals surface area contributed by atoms with Crippen molar-refractivity contribution in [3.05, 3.63) is 54.4 Å². The van der Waals surface area contributed by atoms with Crippen LogP contribution in [0.2, 0.25) is 0 Å². The molecule has 3 N–H and O–H groups in total. The van der Waals surface area contributed by atoms with Gasteiger partial charge in [-0.25, -0.2) is 10.9 Å². The van der Waals surface area contributed by atoms with Gasteiger partial charge in [-0.1, -0.05) is 0 Å². The van der Waals surface area contributed by atoms with E-state index in [4.69, 9.17) is 4.74 Å². The number of nitrogens with one attached hydrogen (secondary N) is 3. The lowest BCUT2D eigenvalue weighted by Gasteiger charge is -2.32. The van der Waals surface area contributed by atoms with E-state index in [2.05, 4.69) is 21.2 Å². The van der Waals surface area contributed by atoms with Crippen molar-refractivity contribution in [2.24, 2.45) is 5.92 Å². The molecule has 0 spiro atoms. The van der Waals surface area contributed by atoms with Crippen molar-refractivity contribution in [1.82, 2.24) is 20.7 Å². The van der Waals surface area contributed by atoms with Crippen molar-refractivity contribution in [3.63, 3.8) is 0 Å². The zero-order chi connectivity index (χ0) is 20.9. The number of amides is 2. The molecule has 158 valence electrons. The van der Waals surface area contributed by atoms with Gasteiger partial charge in [0.15, 0.2) is 0 Å². The second kappa shape index (κ2) is 9.23. The Hall–Kier alpha value is -2.97. The van der Waals surface area contributed by atoms with Crippen molar-refractivity contribution in [2.45, 2.75) is 31.3 Å². The fourth-order valence-electron chi connectivity index (χ4n) is 4.03. The lowest BCUT2D eigenvalue weighted by Crippen LogP contribution is -2.49. The van der Waals surface area contributed by atoms with E-state index < -0.39 is 0 Å². The highest BCUT2D eigenvalue weighted by atomic mass is 16.5. The number of hydrogen-bond donors (Lipinski definition) is 3. The Bertz CT molecular complexity index is 866. The highest BCUT2D eigenvalue weighted by Gasteiger charge is 2.35. The number of hydrogen-bond acceptors (Lipinski definition) is 6. The highest BCUT2D eigenvalue weighted by molar-refractivity contribution is 5.93. The monoisotopic (exact) mass is 409 g/mol. The summed E-state index contributed by atoms with van der Waals surface area (Å²) in [5.74, 6) is 0.759. The summed E-state index contributed by atoms with van der Waals surface area (Å²) >= 11 is 0. The number of carbonyl (C=O) groups excluding carboxylic acids is 2. The van der Waals surface area contributed by atoms with Crippen LogP contribution in [0.25, 0.3) is 0 Å². The third kappa shape index (κ3) is 4.60. The molecule has 0 saturated carbocycles. The van der Waals surface area contributed by atoms with E-state index in [0.717, 1.165) is 17.0 Å². The first-order chi connectivity index (χ1) is 14.6. The van der Waals surface area contributed by atoms with Gasteiger partial charge in [-0.05, 0) is 61.2 Å². The molecule has 4 rings (SSSR count). The quantitative estimate of drug-likeness (QED) is 0.698. The molecule has 30 heavy (non-hydrogen) atoms. The normalized spacial score (nSPS) is 22.0. The fourth-order valence-corrected chi connectivity index (χ4v) is 4.03. The topological polar surface area (TPSA) is 95.6 Å². The van der Waals surface area contributed by atoms with Crippen molar-refractivity contribution in [2.75, 3.05) is 25.5 Å². The predicted octanol–water partition coefficient (Wildman–Crippen LogP) is 1.88. The first kappa shape index (κ1) is 20.3. The number of rotatable bonds is 5. The molecular formula is C22H27N5O3. The average molecular weight is 409 g/mol. The Morgan fingerprint density at radius 1 is 1.07 bits per heavy atom. The first-order valence-electron chi connectivity index (χ1n) is 10.3. The number of ether oxygens (including phenoxy) is 1. The van der Waals surface area contributed by atoms with Gasteiger partial charge in [-0.2, -0.15) is 0 Å². The fraction of sp³-hybridized carbons (Fsp3) is 0.409. The Labute approximate surface area is 176 Å². The molecule has 2 saturated heterocycles. The summed E-state index contributed by atoms with van der Waals surface area (Å²) in [6, 6.07) is 11.0. The molecule has 1 aromatic heterocycles. The van der Waals surface area contributed by atoms with Crippen LogP contribution in [-0.2, 0) is 9.59 Å². The average Bonchev–Trinajstić information content (AvgIpc) is 3.30. The van der Waals surface area contributed by atoms with Gasteiger partial charge >= 0.3 is 0 Å². The molecular weight excluding hydrogens is 382 g/mol. The number of hydrazine groups is 1. The zero-order valence-electron chi connectivity index (χ0n) is 17.0.